The van der Waals surface area contributed by atoms with Crippen LogP contribution in [-0.2, 0) is 70.3 Å². The molecule has 0 radical (unpaired) electrons. The van der Waals surface area contributed by atoms with Crippen molar-refractivity contribution in [1.29, 1.82) is 0 Å². The highest BCUT2D eigenvalue weighted by molar-refractivity contribution is 5.99. The van der Waals surface area contributed by atoms with E-state index in [-0.39, 0.29) is 143 Å². The molecule has 17 N–H and O–H groups in total. The molecule has 0 spiro atoms. The van der Waals surface area contributed by atoms with Crippen LogP contribution in [0.4, 0.5) is 45.8 Å². The Morgan fingerprint density at radius 1 is 0.424 bits per heavy atom. The molecular weight excluding hydrogens is 1620 g/mol. The highest BCUT2D eigenvalue weighted by Crippen LogP contribution is 2.46. The Hall–Kier alpha value is -12.8. The monoisotopic (exact) mass is 1740 g/mol. The first-order valence-electron chi connectivity index (χ1n) is 39.8. The molecule has 125 heavy (non-hydrogen) atoms. The van der Waals surface area contributed by atoms with Crippen LogP contribution in [0.2, 0.25) is 0 Å². The van der Waals surface area contributed by atoms with Gasteiger partial charge >= 0.3 is 36.5 Å². The zero-order valence-electron chi connectivity index (χ0n) is 68.5. The lowest BCUT2D eigenvalue weighted by Crippen LogP contribution is -2.54. The second kappa shape index (κ2) is 56.8. The number of carbonyl (C=O) groups is 10. The molecule has 11 amide bonds. The standard InChI is InChI=1S/C40H42N6O10.C40H52N6O10.C6H15NO3.3CH4/c1-24(2)35(45-39(50)54-23-33-31-10-5-3-8-29(31)30-9-4-6-11-32(30)33)37(48)44-34(12-7-21-42-38(41)49)36(47)43-26-15-13-25(14-16-26)22-55-40(51)56-28-19-17-27(18-20-28)46(52)53;1-26(2)35(46-40(52)56-25-33-31-10-5-3-8-29(31)30-9-4-6-11-32(30)33)37(49)45-34(12-7-17-42-38(41)50)36(48)44-28-15-13-27(14-16-28)24-55-39(51)43-18-20-53-22-23-54-21-19-47;7-1-3-9-5-6-10-4-2-8;;;/h3-6,8-11,13-20,24,33-35H,7,12,21-23H2,1-2H3,(H,43,47)(H,44,48)(H,45,50)(H3,41,42,49);3-6,8-11,13-16,26,33-35,47H,7,12,17-25H2,1-2H3,(H,43,51)(H,44,48)(H,45,49)(H,46,52)(H3,41,42,50);8H,1-7H2;3*1H4/t2*34-,35-;;;;/m00..../s1. The lowest BCUT2D eigenvalue weighted by molar-refractivity contribution is -0.384. The van der Waals surface area contributed by atoms with Crippen molar-refractivity contribution in [1.82, 2.24) is 37.2 Å². The minimum absolute atomic E-state index is 0. The highest BCUT2D eigenvalue weighted by Gasteiger charge is 2.35. The van der Waals surface area contributed by atoms with Crippen LogP contribution in [0, 0.1) is 22.0 Å². The number of nitrogens with one attached hydrogen (secondary N) is 9. The van der Waals surface area contributed by atoms with Crippen molar-refractivity contribution < 1.29 is 106 Å². The number of alkyl carbamates (subject to hydrolysis) is 3. The normalized spacial score (nSPS) is 12.2. The van der Waals surface area contributed by atoms with E-state index < -0.39 is 89.2 Å². The zero-order valence-corrected chi connectivity index (χ0v) is 68.5. The van der Waals surface area contributed by atoms with Crippen LogP contribution in [0.15, 0.2) is 170 Å². The fraction of sp³-hybridized carbons (Fsp3) is 0.416. The number of fused-ring (bicyclic) bond motifs is 6. The largest absolute Gasteiger partial charge is 0.514 e. The molecule has 0 bridgehead atoms. The first-order valence-corrected chi connectivity index (χ1v) is 39.8. The Bertz CT molecular complexity index is 4430. The summed E-state index contributed by atoms with van der Waals surface area (Å²) in [6.07, 6.45) is -2.31. The molecule has 2 aliphatic rings. The van der Waals surface area contributed by atoms with E-state index in [1.807, 2.05) is 97.1 Å². The number of anilines is 2. The maximum Gasteiger partial charge on any atom is 0.514 e. The van der Waals surface area contributed by atoms with E-state index in [0.29, 0.717) is 81.5 Å². The van der Waals surface area contributed by atoms with Crippen LogP contribution in [0.25, 0.3) is 22.3 Å². The number of hydrogen-bond donors (Lipinski definition) is 14. The smallest absolute Gasteiger partial charge is 0.449 e. The average Bonchev–Trinajstić information content (AvgIpc) is 1.62. The van der Waals surface area contributed by atoms with Crippen molar-refractivity contribution in [2.75, 3.05) is 116 Å². The van der Waals surface area contributed by atoms with Gasteiger partial charge in [-0.25, -0.2) is 28.8 Å². The first kappa shape index (κ1) is 105. The molecule has 680 valence electrons. The number of nitro benzene ring substituents is 1. The number of rotatable bonds is 45. The summed E-state index contributed by atoms with van der Waals surface area (Å²) in [6.45, 7) is 11.3. The van der Waals surface area contributed by atoms with E-state index >= 15 is 0 Å². The Kier molecular flexibility index (Phi) is 47.5. The van der Waals surface area contributed by atoms with Crippen LogP contribution in [0.5, 0.6) is 5.75 Å². The Morgan fingerprint density at radius 2 is 0.792 bits per heavy atom. The van der Waals surface area contributed by atoms with Gasteiger partial charge in [0, 0.05) is 61.5 Å². The molecular formula is C89H121N13O23. The summed E-state index contributed by atoms with van der Waals surface area (Å²) in [5.41, 5.74) is 25.9. The van der Waals surface area contributed by atoms with Gasteiger partial charge < -0.3 is 118 Å². The SMILES string of the molecule is C.C.C.CC(C)[C@H](NC(=O)OCC1c2ccccc2-c2ccccc21)C(=O)N[C@@H](CCCNC(N)=O)C(=O)Nc1ccc(COC(=O)NCCOCCOCCO)cc1.CC(C)[C@H](NC(=O)OCC1c2ccccc2-c2ccccc21)C(=O)N[C@@H](CCCNC(N)=O)C(=O)Nc1ccc(COC(=O)Oc2ccc([N+](=O)[O-])cc2)cc1.NCCOCCOCCO. The van der Waals surface area contributed by atoms with Crippen molar-refractivity contribution in [3.8, 4) is 28.0 Å². The molecule has 0 aromatic heterocycles. The van der Waals surface area contributed by atoms with Crippen molar-refractivity contribution in [3.05, 3.63) is 213 Å². The van der Waals surface area contributed by atoms with Gasteiger partial charge in [0.15, 0.2) is 0 Å². The van der Waals surface area contributed by atoms with E-state index in [0.717, 1.165) is 44.5 Å². The third-order valence-corrected chi connectivity index (χ3v) is 18.7. The van der Waals surface area contributed by atoms with Gasteiger partial charge in [0.25, 0.3) is 5.69 Å². The van der Waals surface area contributed by atoms with E-state index in [1.165, 1.54) is 24.3 Å². The number of ether oxygens (including phenoxy) is 9. The predicted molar refractivity (Wildman–Crippen MR) is 470 cm³/mol. The second-order valence-electron chi connectivity index (χ2n) is 28.3. The number of benzene rings is 7. The fourth-order valence-electron chi connectivity index (χ4n) is 12.7. The van der Waals surface area contributed by atoms with Gasteiger partial charge in [-0.15, -0.1) is 0 Å². The molecule has 36 heteroatoms. The molecule has 0 aliphatic heterocycles. The number of aliphatic hydroxyl groups is 2. The molecule has 7 aromatic carbocycles. The van der Waals surface area contributed by atoms with Crippen LogP contribution in [-0.4, -0.2) is 205 Å². The summed E-state index contributed by atoms with van der Waals surface area (Å²) in [6, 6.07) is 44.1. The van der Waals surface area contributed by atoms with E-state index in [2.05, 4.69) is 47.9 Å². The summed E-state index contributed by atoms with van der Waals surface area (Å²) >= 11 is 0. The Balaban J connectivity index is 0.000000462. The molecule has 0 saturated carbocycles. The number of nitro groups is 1. The third-order valence-electron chi connectivity index (χ3n) is 18.7. The number of nitrogens with zero attached hydrogens (tertiary/aromatic N) is 1. The fourth-order valence-corrected chi connectivity index (χ4v) is 12.7. The molecule has 0 heterocycles. The summed E-state index contributed by atoms with van der Waals surface area (Å²) in [5.74, 6) is -3.27. The lowest BCUT2D eigenvalue weighted by atomic mass is 9.98. The minimum atomic E-state index is -1.07. The molecule has 0 fully saturated rings. The van der Waals surface area contributed by atoms with Crippen LogP contribution < -0.4 is 69.8 Å². The number of urea groups is 2. The van der Waals surface area contributed by atoms with Crippen molar-refractivity contribution >= 4 is 77.2 Å². The Labute approximate surface area is 728 Å². The summed E-state index contributed by atoms with van der Waals surface area (Å²) in [4.78, 5) is 137. The molecule has 36 nitrogen and oxygen atoms in total. The maximum atomic E-state index is 13.6. The molecule has 0 saturated heterocycles. The Morgan fingerprint density at radius 3 is 1.15 bits per heavy atom. The van der Waals surface area contributed by atoms with Gasteiger partial charge in [0.2, 0.25) is 23.6 Å². The second-order valence-corrected chi connectivity index (χ2v) is 28.3. The average molecular weight is 1740 g/mol. The van der Waals surface area contributed by atoms with Gasteiger partial charge in [-0.2, -0.15) is 0 Å². The number of hydrogen-bond acceptors (Lipinski definition) is 24. The molecule has 2 aliphatic carbocycles. The molecule has 9 rings (SSSR count). The number of non-ortho nitro benzene ring substituents is 1. The number of amides is 11. The number of aliphatic hydroxyl groups excluding tert-OH is 2. The molecule has 0 unspecified atom stereocenters. The molecule has 7 aromatic rings. The summed E-state index contributed by atoms with van der Waals surface area (Å²) in [7, 11) is 0. The number of primary amides is 2. The van der Waals surface area contributed by atoms with Crippen molar-refractivity contribution in [3.63, 3.8) is 0 Å². The van der Waals surface area contributed by atoms with Gasteiger partial charge in [-0.3, -0.25) is 29.3 Å². The van der Waals surface area contributed by atoms with Crippen LogP contribution in [0.1, 0.15) is 121 Å². The first-order chi connectivity index (χ1) is 58.9. The van der Waals surface area contributed by atoms with Gasteiger partial charge in [-0.05, 0) is 130 Å². The van der Waals surface area contributed by atoms with Gasteiger partial charge in [0.05, 0.1) is 71.0 Å². The number of nitrogens with two attached hydrogens (primary N) is 3. The van der Waals surface area contributed by atoms with Crippen molar-refractivity contribution in [2.45, 2.75) is 125 Å². The van der Waals surface area contributed by atoms with E-state index in [4.69, 9.17) is 70.0 Å². The van der Waals surface area contributed by atoms with Crippen LogP contribution in [0.3, 0.4) is 0 Å². The lowest BCUT2D eigenvalue weighted by Gasteiger charge is -2.25. The predicted octanol–water partition coefficient (Wildman–Crippen LogP) is 10.00. The molecule has 4 atom stereocenters. The maximum absolute atomic E-state index is 13.6. The van der Waals surface area contributed by atoms with E-state index in [9.17, 15) is 58.1 Å². The van der Waals surface area contributed by atoms with Crippen LogP contribution >= 0.6 is 0 Å². The quantitative estimate of drug-likeness (QED) is 0.00421. The third kappa shape index (κ3) is 35.9. The highest BCUT2D eigenvalue weighted by atomic mass is 16.7. The van der Waals surface area contributed by atoms with E-state index in [1.54, 1.807) is 76.2 Å². The topological polar surface area (TPSA) is 524 Å². The number of carbonyl (C=O) groups excluding carboxylic acids is 10. The van der Waals surface area contributed by atoms with Gasteiger partial charge in [0.1, 0.15) is 56.3 Å². The summed E-state index contributed by atoms with van der Waals surface area (Å²) < 4.78 is 47.0. The zero-order chi connectivity index (χ0) is 88.1. The van der Waals surface area contributed by atoms with Gasteiger partial charge in [-0.1, -0.05) is 171 Å². The minimum Gasteiger partial charge on any atom is -0.449 e. The van der Waals surface area contributed by atoms with Crippen molar-refractivity contribution in [2.24, 2.45) is 29.0 Å². The summed E-state index contributed by atoms with van der Waals surface area (Å²) in [5, 5.41) is 51.7.